The van der Waals surface area contributed by atoms with Crippen molar-refractivity contribution in [1.29, 1.82) is 0 Å². The molecule has 0 fully saturated rings. The highest BCUT2D eigenvalue weighted by Crippen LogP contribution is 2.30. The summed E-state index contributed by atoms with van der Waals surface area (Å²) in [5.41, 5.74) is 1.72. The van der Waals surface area contributed by atoms with Crippen LogP contribution in [-0.2, 0) is 10.8 Å². The van der Waals surface area contributed by atoms with E-state index in [4.69, 9.17) is 0 Å². The fourth-order valence-corrected chi connectivity index (χ4v) is 3.02. The molecule has 0 spiro atoms. The monoisotopic (exact) mass is 227 g/mol. The highest BCUT2D eigenvalue weighted by atomic mass is 32.2. The predicted octanol–water partition coefficient (Wildman–Crippen LogP) is 2.92. The van der Waals surface area contributed by atoms with Crippen molar-refractivity contribution in [3.63, 3.8) is 0 Å². The molecule has 1 atom stereocenters. The molecular formula is C13H9NOS. The van der Waals surface area contributed by atoms with Crippen LogP contribution in [0.1, 0.15) is 5.56 Å². The fraction of sp³-hybridized carbons (Fsp3) is 0. The zero-order valence-electron chi connectivity index (χ0n) is 8.46. The molecule has 1 aliphatic heterocycles. The van der Waals surface area contributed by atoms with Gasteiger partial charge in [-0.05, 0) is 18.2 Å². The van der Waals surface area contributed by atoms with Gasteiger partial charge in [-0.15, -0.1) is 0 Å². The highest BCUT2D eigenvalue weighted by Gasteiger charge is 2.16. The van der Waals surface area contributed by atoms with Gasteiger partial charge in [0, 0.05) is 11.8 Å². The van der Waals surface area contributed by atoms with E-state index in [1.54, 1.807) is 6.21 Å². The first-order valence-corrected chi connectivity index (χ1v) is 6.15. The summed E-state index contributed by atoms with van der Waals surface area (Å²) in [7, 11) is -1.13. The molecule has 1 unspecified atom stereocenters. The largest absolute Gasteiger partial charge is 0.255 e. The van der Waals surface area contributed by atoms with E-state index in [1.165, 1.54) is 0 Å². The first-order valence-electron chi connectivity index (χ1n) is 5.00. The molecule has 78 valence electrons. The summed E-state index contributed by atoms with van der Waals surface area (Å²) < 4.78 is 12.4. The molecule has 3 heteroatoms. The number of benzene rings is 2. The van der Waals surface area contributed by atoms with Crippen molar-refractivity contribution in [1.82, 2.24) is 0 Å². The lowest BCUT2D eigenvalue weighted by molar-refractivity contribution is 0.683. The Morgan fingerprint density at radius 1 is 0.875 bits per heavy atom. The van der Waals surface area contributed by atoms with Crippen LogP contribution in [0.2, 0.25) is 0 Å². The normalized spacial score (nSPS) is 17.4. The van der Waals surface area contributed by atoms with Gasteiger partial charge in [-0.3, -0.25) is 4.99 Å². The Morgan fingerprint density at radius 2 is 1.56 bits per heavy atom. The SMILES string of the molecule is O=S1c2ccccc2C=Nc2ccccc21. The molecule has 0 radical (unpaired) electrons. The van der Waals surface area contributed by atoms with E-state index in [2.05, 4.69) is 4.99 Å². The summed E-state index contributed by atoms with van der Waals surface area (Å²) in [6, 6.07) is 15.2. The van der Waals surface area contributed by atoms with E-state index in [9.17, 15) is 4.21 Å². The number of hydrogen-bond donors (Lipinski definition) is 0. The second-order valence-electron chi connectivity index (χ2n) is 3.53. The van der Waals surface area contributed by atoms with Crippen LogP contribution in [0.4, 0.5) is 5.69 Å². The van der Waals surface area contributed by atoms with E-state index < -0.39 is 10.8 Å². The lowest BCUT2D eigenvalue weighted by atomic mass is 10.2. The maximum absolute atomic E-state index is 12.4. The fourth-order valence-electron chi connectivity index (χ4n) is 1.73. The first kappa shape index (κ1) is 9.48. The van der Waals surface area contributed by atoms with Crippen molar-refractivity contribution in [3.8, 4) is 0 Å². The van der Waals surface area contributed by atoms with Gasteiger partial charge in [0.2, 0.25) is 0 Å². The number of nitrogens with zero attached hydrogens (tertiary/aromatic N) is 1. The zero-order valence-corrected chi connectivity index (χ0v) is 9.28. The number of aliphatic imine (C=N–C) groups is 1. The third kappa shape index (κ3) is 1.41. The van der Waals surface area contributed by atoms with E-state index >= 15 is 0 Å². The van der Waals surface area contributed by atoms with Crippen LogP contribution in [0.25, 0.3) is 0 Å². The molecule has 2 nitrogen and oxygen atoms in total. The molecule has 0 aromatic heterocycles. The zero-order chi connectivity index (χ0) is 11.0. The molecule has 2 aromatic rings. The summed E-state index contributed by atoms with van der Waals surface area (Å²) in [5, 5.41) is 0. The summed E-state index contributed by atoms with van der Waals surface area (Å²) in [6.45, 7) is 0. The van der Waals surface area contributed by atoms with Gasteiger partial charge in [-0.2, -0.15) is 0 Å². The van der Waals surface area contributed by atoms with Gasteiger partial charge in [-0.25, -0.2) is 4.21 Å². The molecule has 3 rings (SSSR count). The number of fused-ring (bicyclic) bond motifs is 2. The second-order valence-corrected chi connectivity index (χ2v) is 4.95. The summed E-state index contributed by atoms with van der Waals surface area (Å²) in [5.74, 6) is 0. The Kier molecular flexibility index (Phi) is 2.18. The first-order chi connectivity index (χ1) is 7.86. The van der Waals surface area contributed by atoms with Gasteiger partial charge in [-0.1, -0.05) is 30.3 Å². The van der Waals surface area contributed by atoms with Gasteiger partial charge in [0.15, 0.2) is 0 Å². The standard InChI is InChI=1S/C13H9NOS/c15-16-12-7-3-1-5-10(12)9-14-11-6-2-4-8-13(11)16/h1-9H. The van der Waals surface area contributed by atoms with Crippen molar-refractivity contribution in [2.24, 2.45) is 4.99 Å². The molecule has 1 aliphatic rings. The smallest absolute Gasteiger partial charge is 0.0878 e. The van der Waals surface area contributed by atoms with Gasteiger partial charge in [0.25, 0.3) is 0 Å². The molecular weight excluding hydrogens is 218 g/mol. The third-order valence-electron chi connectivity index (χ3n) is 2.53. The summed E-state index contributed by atoms with van der Waals surface area (Å²) in [6.07, 6.45) is 1.78. The average molecular weight is 227 g/mol. The van der Waals surface area contributed by atoms with Crippen LogP contribution in [0.3, 0.4) is 0 Å². The molecule has 1 heterocycles. The minimum absolute atomic E-state index is 0.781. The van der Waals surface area contributed by atoms with E-state index in [1.807, 2.05) is 48.5 Å². The Bertz CT molecular complexity index is 553. The van der Waals surface area contributed by atoms with Crippen molar-refractivity contribution in [2.45, 2.75) is 9.79 Å². The van der Waals surface area contributed by atoms with E-state index in [0.717, 1.165) is 21.0 Å². The van der Waals surface area contributed by atoms with Crippen LogP contribution >= 0.6 is 0 Å². The third-order valence-corrected chi connectivity index (χ3v) is 4.04. The molecule has 0 saturated heterocycles. The minimum Gasteiger partial charge on any atom is -0.255 e. The van der Waals surface area contributed by atoms with Gasteiger partial charge in [0.05, 0.1) is 26.3 Å². The quantitative estimate of drug-likeness (QED) is 0.580. The van der Waals surface area contributed by atoms with Crippen molar-refractivity contribution in [2.75, 3.05) is 0 Å². The molecule has 0 amide bonds. The van der Waals surface area contributed by atoms with Crippen LogP contribution in [0.15, 0.2) is 63.3 Å². The average Bonchev–Trinajstić information content (AvgIpc) is 2.49. The minimum atomic E-state index is -1.13. The highest BCUT2D eigenvalue weighted by molar-refractivity contribution is 7.85. The molecule has 0 bridgehead atoms. The number of rotatable bonds is 0. The maximum atomic E-state index is 12.4. The number of hydrogen-bond acceptors (Lipinski definition) is 2. The van der Waals surface area contributed by atoms with Crippen LogP contribution in [0, 0.1) is 0 Å². The second kappa shape index (κ2) is 3.68. The van der Waals surface area contributed by atoms with Crippen molar-refractivity contribution >= 4 is 22.7 Å². The van der Waals surface area contributed by atoms with Crippen LogP contribution in [-0.4, -0.2) is 10.4 Å². The van der Waals surface area contributed by atoms with Crippen molar-refractivity contribution in [3.05, 3.63) is 54.1 Å². The molecule has 0 saturated carbocycles. The molecule has 0 N–H and O–H groups in total. The molecule has 16 heavy (non-hydrogen) atoms. The van der Waals surface area contributed by atoms with Crippen LogP contribution in [0.5, 0.6) is 0 Å². The van der Waals surface area contributed by atoms with Crippen LogP contribution < -0.4 is 0 Å². The van der Waals surface area contributed by atoms with Crippen molar-refractivity contribution < 1.29 is 4.21 Å². The Hall–Kier alpha value is -1.74. The molecule has 0 aliphatic carbocycles. The summed E-state index contributed by atoms with van der Waals surface area (Å²) in [4.78, 5) is 5.97. The topological polar surface area (TPSA) is 29.4 Å². The van der Waals surface area contributed by atoms with Gasteiger partial charge >= 0.3 is 0 Å². The predicted molar refractivity (Wildman–Crippen MR) is 64.8 cm³/mol. The lowest BCUT2D eigenvalue weighted by Gasteiger charge is -2.03. The Balaban J connectivity index is 2.30. The maximum Gasteiger partial charge on any atom is 0.0878 e. The molecule has 2 aromatic carbocycles. The van der Waals surface area contributed by atoms with E-state index in [0.29, 0.717) is 0 Å². The number of para-hydroxylation sites is 1. The van der Waals surface area contributed by atoms with E-state index in [-0.39, 0.29) is 0 Å². The summed E-state index contributed by atoms with van der Waals surface area (Å²) >= 11 is 0. The Labute approximate surface area is 96.1 Å². The van der Waals surface area contributed by atoms with Gasteiger partial charge < -0.3 is 0 Å². The Morgan fingerprint density at radius 3 is 2.44 bits per heavy atom. The lowest BCUT2D eigenvalue weighted by Crippen LogP contribution is -1.95. The van der Waals surface area contributed by atoms with Gasteiger partial charge in [0.1, 0.15) is 0 Å².